The highest BCUT2D eigenvalue weighted by atomic mass is 16.2. The molecule has 3 nitrogen and oxygen atoms in total. The maximum absolute atomic E-state index is 11.7. The van der Waals surface area contributed by atoms with Crippen molar-refractivity contribution in [3.05, 3.63) is 35.9 Å². The van der Waals surface area contributed by atoms with Crippen molar-refractivity contribution in [3.63, 3.8) is 0 Å². The largest absolute Gasteiger partial charge is 0.356 e. The molecular formula is C14H19NO2. The van der Waals surface area contributed by atoms with Gasteiger partial charge in [0.15, 0.2) is 5.78 Å². The van der Waals surface area contributed by atoms with Crippen LogP contribution in [0.3, 0.4) is 0 Å². The van der Waals surface area contributed by atoms with E-state index in [1.807, 2.05) is 18.2 Å². The summed E-state index contributed by atoms with van der Waals surface area (Å²) in [5.41, 5.74) is 0.675. The van der Waals surface area contributed by atoms with Gasteiger partial charge in [0.1, 0.15) is 0 Å². The molecule has 1 amide bonds. The van der Waals surface area contributed by atoms with Crippen molar-refractivity contribution in [3.8, 4) is 0 Å². The van der Waals surface area contributed by atoms with Crippen LogP contribution in [0.4, 0.5) is 0 Å². The first-order chi connectivity index (χ1) is 8.24. The zero-order valence-electron chi connectivity index (χ0n) is 10.2. The minimum absolute atomic E-state index is 0.0243. The van der Waals surface area contributed by atoms with Gasteiger partial charge in [0.2, 0.25) is 5.91 Å². The molecule has 0 fully saturated rings. The van der Waals surface area contributed by atoms with Crippen LogP contribution in [-0.4, -0.2) is 18.2 Å². The van der Waals surface area contributed by atoms with E-state index in [2.05, 4.69) is 12.2 Å². The first-order valence-electron chi connectivity index (χ1n) is 6.09. The number of ketones is 1. The van der Waals surface area contributed by atoms with E-state index in [1.165, 1.54) is 0 Å². The Morgan fingerprint density at radius 1 is 1.12 bits per heavy atom. The number of carbonyl (C=O) groups excluding carboxylic acids is 2. The summed E-state index contributed by atoms with van der Waals surface area (Å²) < 4.78 is 0. The van der Waals surface area contributed by atoms with Gasteiger partial charge in [0.05, 0.1) is 0 Å². The molecule has 17 heavy (non-hydrogen) atoms. The Balaban J connectivity index is 2.26. The average Bonchev–Trinajstić information content (AvgIpc) is 2.37. The smallest absolute Gasteiger partial charge is 0.220 e. The monoisotopic (exact) mass is 233 g/mol. The standard InChI is InChI=1S/C14H19NO2/c1-2-3-11-15-14(17)10-9-13(16)12-7-5-4-6-8-12/h4-8H,2-3,9-11H2,1H3,(H,15,17). The molecule has 1 N–H and O–H groups in total. The Hall–Kier alpha value is -1.64. The normalized spacial score (nSPS) is 9.94. The third-order valence-corrected chi connectivity index (χ3v) is 2.53. The highest BCUT2D eigenvalue weighted by Gasteiger charge is 2.08. The summed E-state index contributed by atoms with van der Waals surface area (Å²) in [6, 6.07) is 9.08. The minimum atomic E-state index is -0.0391. The molecular weight excluding hydrogens is 214 g/mol. The van der Waals surface area contributed by atoms with Gasteiger partial charge in [-0.15, -0.1) is 0 Å². The fourth-order valence-electron chi connectivity index (χ4n) is 1.49. The van der Waals surface area contributed by atoms with Crippen molar-refractivity contribution in [1.82, 2.24) is 5.32 Å². The fourth-order valence-corrected chi connectivity index (χ4v) is 1.49. The zero-order valence-corrected chi connectivity index (χ0v) is 10.2. The van der Waals surface area contributed by atoms with Crippen LogP contribution in [0.15, 0.2) is 30.3 Å². The van der Waals surface area contributed by atoms with Gasteiger partial charge in [-0.25, -0.2) is 0 Å². The van der Waals surface area contributed by atoms with Crippen LogP contribution >= 0.6 is 0 Å². The quantitative estimate of drug-likeness (QED) is 0.581. The minimum Gasteiger partial charge on any atom is -0.356 e. The van der Waals surface area contributed by atoms with Gasteiger partial charge in [0.25, 0.3) is 0 Å². The summed E-state index contributed by atoms with van der Waals surface area (Å²) >= 11 is 0. The van der Waals surface area contributed by atoms with E-state index in [4.69, 9.17) is 0 Å². The first kappa shape index (κ1) is 13.4. The highest BCUT2D eigenvalue weighted by Crippen LogP contribution is 2.04. The van der Waals surface area contributed by atoms with Gasteiger partial charge < -0.3 is 5.32 Å². The van der Waals surface area contributed by atoms with Crippen molar-refractivity contribution in [2.75, 3.05) is 6.54 Å². The molecule has 0 heterocycles. The van der Waals surface area contributed by atoms with E-state index in [9.17, 15) is 9.59 Å². The third-order valence-electron chi connectivity index (χ3n) is 2.53. The number of carbonyl (C=O) groups is 2. The molecule has 0 bridgehead atoms. The number of amides is 1. The molecule has 0 aliphatic heterocycles. The average molecular weight is 233 g/mol. The second-order valence-corrected chi connectivity index (χ2v) is 3.99. The molecule has 0 radical (unpaired) electrons. The second kappa shape index (κ2) is 7.60. The van der Waals surface area contributed by atoms with Gasteiger partial charge in [0, 0.05) is 24.9 Å². The third kappa shape index (κ3) is 5.29. The van der Waals surface area contributed by atoms with Crippen LogP contribution < -0.4 is 5.32 Å². The van der Waals surface area contributed by atoms with Gasteiger partial charge in [-0.3, -0.25) is 9.59 Å². The molecule has 0 atom stereocenters. The van der Waals surface area contributed by atoms with Crippen LogP contribution in [-0.2, 0) is 4.79 Å². The first-order valence-corrected chi connectivity index (χ1v) is 6.09. The number of hydrogen-bond donors (Lipinski definition) is 1. The number of rotatable bonds is 7. The summed E-state index contributed by atoms with van der Waals surface area (Å²) in [5, 5.41) is 2.80. The molecule has 1 aromatic rings. The fraction of sp³-hybridized carbons (Fsp3) is 0.429. The number of nitrogens with one attached hydrogen (secondary N) is 1. The van der Waals surface area contributed by atoms with Crippen LogP contribution in [0.25, 0.3) is 0 Å². The van der Waals surface area contributed by atoms with E-state index in [0.29, 0.717) is 12.1 Å². The van der Waals surface area contributed by atoms with E-state index in [-0.39, 0.29) is 24.5 Å². The van der Waals surface area contributed by atoms with Crippen LogP contribution in [0.2, 0.25) is 0 Å². The number of benzene rings is 1. The molecule has 0 saturated carbocycles. The molecule has 1 rings (SSSR count). The molecule has 92 valence electrons. The van der Waals surface area contributed by atoms with Crippen LogP contribution in [0.5, 0.6) is 0 Å². The lowest BCUT2D eigenvalue weighted by molar-refractivity contribution is -0.121. The zero-order chi connectivity index (χ0) is 12.5. The van der Waals surface area contributed by atoms with Crippen LogP contribution in [0.1, 0.15) is 43.0 Å². The van der Waals surface area contributed by atoms with Gasteiger partial charge >= 0.3 is 0 Å². The van der Waals surface area contributed by atoms with Crippen molar-refractivity contribution in [2.24, 2.45) is 0 Å². The topological polar surface area (TPSA) is 46.2 Å². The molecule has 0 aliphatic rings. The summed E-state index contributed by atoms with van der Waals surface area (Å²) in [7, 11) is 0. The molecule has 1 aromatic carbocycles. The van der Waals surface area contributed by atoms with Crippen molar-refractivity contribution < 1.29 is 9.59 Å². The van der Waals surface area contributed by atoms with Crippen molar-refractivity contribution in [1.29, 1.82) is 0 Å². The highest BCUT2D eigenvalue weighted by molar-refractivity contribution is 5.97. The van der Waals surface area contributed by atoms with Crippen molar-refractivity contribution >= 4 is 11.7 Å². The van der Waals surface area contributed by atoms with Crippen molar-refractivity contribution in [2.45, 2.75) is 32.6 Å². The molecule has 0 unspecified atom stereocenters. The van der Waals surface area contributed by atoms with Crippen LogP contribution in [0, 0.1) is 0 Å². The van der Waals surface area contributed by atoms with Gasteiger partial charge in [-0.2, -0.15) is 0 Å². The Morgan fingerprint density at radius 2 is 1.82 bits per heavy atom. The van der Waals surface area contributed by atoms with E-state index in [1.54, 1.807) is 12.1 Å². The van der Waals surface area contributed by atoms with E-state index in [0.717, 1.165) is 12.8 Å². The summed E-state index contributed by atoms with van der Waals surface area (Å²) in [5.74, 6) is -0.0148. The molecule has 0 aliphatic carbocycles. The maximum Gasteiger partial charge on any atom is 0.220 e. The number of hydrogen-bond acceptors (Lipinski definition) is 2. The van der Waals surface area contributed by atoms with E-state index >= 15 is 0 Å². The lowest BCUT2D eigenvalue weighted by Gasteiger charge is -2.03. The summed E-state index contributed by atoms with van der Waals surface area (Å²) in [6.07, 6.45) is 2.60. The SMILES string of the molecule is CCCCNC(=O)CCC(=O)c1ccccc1. The van der Waals surface area contributed by atoms with E-state index < -0.39 is 0 Å². The Labute approximate surface area is 102 Å². The maximum atomic E-state index is 11.7. The predicted octanol–water partition coefficient (Wildman–Crippen LogP) is 2.57. The molecule has 0 spiro atoms. The lowest BCUT2D eigenvalue weighted by atomic mass is 10.1. The number of unbranched alkanes of at least 4 members (excludes halogenated alkanes) is 1. The summed E-state index contributed by atoms with van der Waals surface area (Å²) in [6.45, 7) is 2.78. The number of Topliss-reactive ketones (excluding diaryl/α,β-unsaturated/α-hetero) is 1. The lowest BCUT2D eigenvalue weighted by Crippen LogP contribution is -2.24. The molecule has 0 saturated heterocycles. The Kier molecular flexibility index (Phi) is 6.00. The molecule has 3 heteroatoms. The second-order valence-electron chi connectivity index (χ2n) is 3.99. The van der Waals surface area contributed by atoms with Gasteiger partial charge in [-0.1, -0.05) is 43.7 Å². The Bertz CT molecular complexity index is 360. The van der Waals surface area contributed by atoms with Gasteiger partial charge in [-0.05, 0) is 6.42 Å². The summed E-state index contributed by atoms with van der Waals surface area (Å²) in [4.78, 5) is 23.1. The predicted molar refractivity (Wildman–Crippen MR) is 67.9 cm³/mol. The Morgan fingerprint density at radius 3 is 2.47 bits per heavy atom. The molecule has 0 aromatic heterocycles.